The van der Waals surface area contributed by atoms with Gasteiger partial charge in [-0.1, -0.05) is 38.8 Å². The first-order chi connectivity index (χ1) is 6.31. The third kappa shape index (κ3) is 9.12. The maximum atomic E-state index is 11.0. The van der Waals surface area contributed by atoms with E-state index in [1.54, 1.807) is 0 Å². The van der Waals surface area contributed by atoms with Gasteiger partial charge in [0, 0.05) is 6.42 Å². The van der Waals surface area contributed by atoms with Gasteiger partial charge in [-0.3, -0.25) is 4.79 Å². The molecule has 13 heavy (non-hydrogen) atoms. The SMILES string of the molecule is CCCC=CCOC(=O)CCCC. The van der Waals surface area contributed by atoms with Crippen LogP contribution < -0.4 is 0 Å². The number of hydrogen-bond donors (Lipinski definition) is 0. The number of hydrogen-bond acceptors (Lipinski definition) is 2. The second-order valence-corrected chi connectivity index (χ2v) is 3.05. The van der Waals surface area contributed by atoms with Crippen molar-refractivity contribution in [3.63, 3.8) is 0 Å². The van der Waals surface area contributed by atoms with E-state index in [2.05, 4.69) is 13.8 Å². The fourth-order valence-corrected chi connectivity index (χ4v) is 0.887. The van der Waals surface area contributed by atoms with Gasteiger partial charge in [-0.25, -0.2) is 0 Å². The Morgan fingerprint density at radius 2 is 2.00 bits per heavy atom. The monoisotopic (exact) mass is 184 g/mol. The summed E-state index contributed by atoms with van der Waals surface area (Å²) < 4.78 is 4.96. The average molecular weight is 184 g/mol. The lowest BCUT2D eigenvalue weighted by Gasteiger charge is -1.99. The van der Waals surface area contributed by atoms with Crippen LogP contribution in [0.2, 0.25) is 0 Å². The van der Waals surface area contributed by atoms with Crippen molar-refractivity contribution in [2.24, 2.45) is 0 Å². The predicted molar refractivity (Wildman–Crippen MR) is 54.5 cm³/mol. The zero-order chi connectivity index (χ0) is 9.94. The molecule has 0 aliphatic rings. The van der Waals surface area contributed by atoms with Gasteiger partial charge in [-0.15, -0.1) is 0 Å². The lowest BCUT2D eigenvalue weighted by atomic mass is 10.2. The number of allylic oxidation sites excluding steroid dienone is 1. The molecule has 0 saturated carbocycles. The Morgan fingerprint density at radius 3 is 2.62 bits per heavy atom. The van der Waals surface area contributed by atoms with Crippen LogP contribution in [-0.4, -0.2) is 12.6 Å². The molecular formula is C11H20O2. The van der Waals surface area contributed by atoms with Gasteiger partial charge in [0.15, 0.2) is 0 Å². The zero-order valence-electron chi connectivity index (χ0n) is 8.71. The summed E-state index contributed by atoms with van der Waals surface area (Å²) in [6.07, 6.45) is 8.68. The second-order valence-electron chi connectivity index (χ2n) is 3.05. The van der Waals surface area contributed by atoms with Gasteiger partial charge >= 0.3 is 5.97 Å². The normalized spacial score (nSPS) is 10.6. The number of rotatable bonds is 7. The fourth-order valence-electron chi connectivity index (χ4n) is 0.887. The van der Waals surface area contributed by atoms with Crippen LogP contribution in [0.4, 0.5) is 0 Å². The van der Waals surface area contributed by atoms with Gasteiger partial charge in [0.1, 0.15) is 6.61 Å². The largest absolute Gasteiger partial charge is 0.461 e. The summed E-state index contributed by atoms with van der Waals surface area (Å²) >= 11 is 0. The molecule has 2 heteroatoms. The topological polar surface area (TPSA) is 26.3 Å². The van der Waals surface area contributed by atoms with Gasteiger partial charge in [0.05, 0.1) is 0 Å². The lowest BCUT2D eigenvalue weighted by molar-refractivity contribution is -0.142. The molecule has 0 saturated heterocycles. The van der Waals surface area contributed by atoms with Crippen LogP contribution in [0.1, 0.15) is 46.0 Å². The van der Waals surface area contributed by atoms with Crippen LogP contribution in [0.3, 0.4) is 0 Å². The van der Waals surface area contributed by atoms with Gasteiger partial charge in [0.2, 0.25) is 0 Å². The van der Waals surface area contributed by atoms with Crippen LogP contribution >= 0.6 is 0 Å². The van der Waals surface area contributed by atoms with E-state index in [-0.39, 0.29) is 5.97 Å². The first-order valence-corrected chi connectivity index (χ1v) is 5.11. The number of esters is 1. The van der Waals surface area contributed by atoms with Crippen molar-refractivity contribution in [2.45, 2.75) is 46.0 Å². The molecule has 0 aromatic rings. The van der Waals surface area contributed by atoms with Crippen LogP contribution in [0.25, 0.3) is 0 Å². The van der Waals surface area contributed by atoms with Crippen LogP contribution in [0.15, 0.2) is 12.2 Å². The van der Waals surface area contributed by atoms with E-state index >= 15 is 0 Å². The van der Waals surface area contributed by atoms with Crippen molar-refractivity contribution in [2.75, 3.05) is 6.61 Å². The van der Waals surface area contributed by atoms with E-state index in [0.29, 0.717) is 13.0 Å². The Kier molecular flexibility index (Phi) is 8.73. The maximum Gasteiger partial charge on any atom is 0.306 e. The number of carbonyl (C=O) groups excluding carboxylic acids is 1. The molecule has 0 unspecified atom stereocenters. The van der Waals surface area contributed by atoms with E-state index in [9.17, 15) is 4.79 Å². The van der Waals surface area contributed by atoms with Gasteiger partial charge in [0.25, 0.3) is 0 Å². The highest BCUT2D eigenvalue weighted by atomic mass is 16.5. The first-order valence-electron chi connectivity index (χ1n) is 5.11. The van der Waals surface area contributed by atoms with Crippen molar-refractivity contribution in [1.82, 2.24) is 0 Å². The number of carbonyl (C=O) groups is 1. The molecule has 0 bridgehead atoms. The quantitative estimate of drug-likeness (QED) is 0.449. The minimum atomic E-state index is -0.0806. The van der Waals surface area contributed by atoms with E-state index in [0.717, 1.165) is 25.7 Å². The molecule has 76 valence electrons. The summed E-state index contributed by atoms with van der Waals surface area (Å²) in [6.45, 7) is 4.62. The molecule has 2 nitrogen and oxygen atoms in total. The Balaban J connectivity index is 3.26. The molecular weight excluding hydrogens is 164 g/mol. The second kappa shape index (κ2) is 9.30. The van der Waals surface area contributed by atoms with Crippen molar-refractivity contribution in [3.05, 3.63) is 12.2 Å². The summed E-state index contributed by atoms with van der Waals surface area (Å²) in [5.41, 5.74) is 0. The summed E-state index contributed by atoms with van der Waals surface area (Å²) in [7, 11) is 0. The highest BCUT2D eigenvalue weighted by Gasteiger charge is 1.98. The standard InChI is InChI=1S/C11H20O2/c1-3-5-7-8-10-13-11(12)9-6-4-2/h7-8H,3-6,9-10H2,1-2H3. The Hall–Kier alpha value is -0.790. The highest BCUT2D eigenvalue weighted by Crippen LogP contribution is 1.96. The third-order valence-corrected chi connectivity index (χ3v) is 1.70. The average Bonchev–Trinajstić information content (AvgIpc) is 2.14. The molecule has 0 aliphatic heterocycles. The molecule has 0 aromatic carbocycles. The van der Waals surface area contributed by atoms with E-state index < -0.39 is 0 Å². The Labute approximate surface area is 81.0 Å². The Bertz CT molecular complexity index is 150. The minimum absolute atomic E-state index is 0.0806. The van der Waals surface area contributed by atoms with Gasteiger partial charge < -0.3 is 4.74 Å². The highest BCUT2D eigenvalue weighted by molar-refractivity contribution is 5.69. The van der Waals surface area contributed by atoms with Crippen molar-refractivity contribution in [3.8, 4) is 0 Å². The summed E-state index contributed by atoms with van der Waals surface area (Å²) in [6, 6.07) is 0. The van der Waals surface area contributed by atoms with E-state index in [4.69, 9.17) is 4.74 Å². The van der Waals surface area contributed by atoms with Crippen LogP contribution in [0, 0.1) is 0 Å². The van der Waals surface area contributed by atoms with Crippen molar-refractivity contribution < 1.29 is 9.53 Å². The zero-order valence-corrected chi connectivity index (χ0v) is 8.71. The summed E-state index contributed by atoms with van der Waals surface area (Å²) in [5, 5.41) is 0. The van der Waals surface area contributed by atoms with Gasteiger partial charge in [-0.2, -0.15) is 0 Å². The third-order valence-electron chi connectivity index (χ3n) is 1.70. The van der Waals surface area contributed by atoms with Gasteiger partial charge in [-0.05, 0) is 12.8 Å². The molecule has 0 spiro atoms. The van der Waals surface area contributed by atoms with Crippen LogP contribution in [-0.2, 0) is 9.53 Å². The Morgan fingerprint density at radius 1 is 1.23 bits per heavy atom. The van der Waals surface area contributed by atoms with Crippen molar-refractivity contribution >= 4 is 5.97 Å². The fraction of sp³-hybridized carbons (Fsp3) is 0.727. The summed E-state index contributed by atoms with van der Waals surface area (Å²) in [4.78, 5) is 11.0. The minimum Gasteiger partial charge on any atom is -0.461 e. The molecule has 0 aromatic heterocycles. The molecule has 0 amide bonds. The summed E-state index contributed by atoms with van der Waals surface area (Å²) in [5.74, 6) is -0.0806. The molecule has 0 fully saturated rings. The molecule has 0 atom stereocenters. The van der Waals surface area contributed by atoms with E-state index in [1.165, 1.54) is 0 Å². The molecule has 0 rings (SSSR count). The number of ether oxygens (including phenoxy) is 1. The maximum absolute atomic E-state index is 11.0. The predicted octanol–water partition coefficient (Wildman–Crippen LogP) is 3.08. The molecule has 0 N–H and O–H groups in total. The van der Waals surface area contributed by atoms with E-state index in [1.807, 2.05) is 12.2 Å². The molecule has 0 radical (unpaired) electrons. The first kappa shape index (κ1) is 12.2. The lowest BCUT2D eigenvalue weighted by Crippen LogP contribution is -2.03. The smallest absolute Gasteiger partial charge is 0.306 e. The molecule has 0 aliphatic carbocycles. The number of unbranched alkanes of at least 4 members (excludes halogenated alkanes) is 2. The molecule has 0 heterocycles. The van der Waals surface area contributed by atoms with Crippen molar-refractivity contribution in [1.29, 1.82) is 0 Å². The van der Waals surface area contributed by atoms with Crippen LogP contribution in [0.5, 0.6) is 0 Å².